The molecule has 0 atom stereocenters. The fourth-order valence-corrected chi connectivity index (χ4v) is 4.19. The lowest BCUT2D eigenvalue weighted by molar-refractivity contribution is 0.0904. The van der Waals surface area contributed by atoms with Gasteiger partial charge in [-0.25, -0.2) is 8.42 Å². The zero-order valence-electron chi connectivity index (χ0n) is 17.2. The van der Waals surface area contributed by atoms with Gasteiger partial charge in [-0.1, -0.05) is 26.7 Å². The van der Waals surface area contributed by atoms with Crippen LogP contribution in [-0.2, 0) is 14.8 Å². The smallest absolute Gasteiger partial charge is 0.216 e. The molecule has 0 unspecified atom stereocenters. The number of guanidine groups is 1. The van der Waals surface area contributed by atoms with Crippen molar-refractivity contribution < 1.29 is 13.2 Å². The van der Waals surface area contributed by atoms with Gasteiger partial charge in [0, 0.05) is 39.8 Å². The third kappa shape index (κ3) is 8.68. The van der Waals surface area contributed by atoms with Gasteiger partial charge < -0.3 is 15.0 Å². The maximum absolute atomic E-state index is 12.4. The molecule has 1 N–H and O–H groups in total. The van der Waals surface area contributed by atoms with Crippen LogP contribution in [0.3, 0.4) is 0 Å². The highest BCUT2D eigenvalue weighted by Gasteiger charge is 2.27. The number of piperazine rings is 1. The summed E-state index contributed by atoms with van der Waals surface area (Å²) < 4.78 is 31.7. The van der Waals surface area contributed by atoms with Gasteiger partial charge in [-0.05, 0) is 26.2 Å². The van der Waals surface area contributed by atoms with Crippen LogP contribution in [-0.4, -0.2) is 81.8 Å². The Morgan fingerprint density at radius 1 is 1.12 bits per heavy atom. The Hall–Kier alpha value is -0.860. The molecule has 26 heavy (non-hydrogen) atoms. The molecule has 0 saturated carbocycles. The fourth-order valence-electron chi connectivity index (χ4n) is 2.91. The highest BCUT2D eigenvalue weighted by molar-refractivity contribution is 7.89. The predicted octanol–water partition coefficient (Wildman–Crippen LogP) is 1.76. The van der Waals surface area contributed by atoms with E-state index >= 15 is 0 Å². The van der Waals surface area contributed by atoms with Gasteiger partial charge in [-0.15, -0.1) is 0 Å². The Morgan fingerprint density at radius 3 is 2.31 bits per heavy atom. The average Bonchev–Trinajstić information content (AvgIpc) is 2.57. The molecule has 0 aromatic rings. The maximum Gasteiger partial charge on any atom is 0.216 e. The summed E-state index contributed by atoms with van der Waals surface area (Å²) in [4.78, 5) is 6.48. The number of aliphatic imine (C=N–C) groups is 1. The summed E-state index contributed by atoms with van der Waals surface area (Å²) in [6.45, 7) is 11.8. The van der Waals surface area contributed by atoms with Crippen molar-refractivity contribution in [2.45, 2.75) is 53.1 Å². The van der Waals surface area contributed by atoms with Crippen molar-refractivity contribution in [1.82, 2.24) is 14.5 Å². The van der Waals surface area contributed by atoms with Gasteiger partial charge in [-0.3, -0.25) is 4.99 Å². The predicted molar refractivity (Wildman–Crippen MR) is 108 cm³/mol. The number of sulfonamides is 1. The van der Waals surface area contributed by atoms with Crippen LogP contribution in [0.1, 0.15) is 47.0 Å². The van der Waals surface area contributed by atoms with Crippen molar-refractivity contribution in [3.05, 3.63) is 0 Å². The van der Waals surface area contributed by atoms with Gasteiger partial charge in [-0.2, -0.15) is 4.31 Å². The van der Waals surface area contributed by atoms with E-state index in [-0.39, 0.29) is 18.5 Å². The Labute approximate surface area is 160 Å². The second-order valence-corrected chi connectivity index (χ2v) is 9.57. The molecule has 1 saturated heterocycles. The van der Waals surface area contributed by atoms with E-state index in [1.807, 2.05) is 13.8 Å². The average molecular weight is 391 g/mol. The number of hydrogen-bond donors (Lipinski definition) is 1. The van der Waals surface area contributed by atoms with Crippen LogP contribution < -0.4 is 5.32 Å². The van der Waals surface area contributed by atoms with E-state index in [9.17, 15) is 8.42 Å². The topological polar surface area (TPSA) is 74.2 Å². The molecule has 0 spiro atoms. The van der Waals surface area contributed by atoms with E-state index < -0.39 is 10.0 Å². The molecule has 0 amide bonds. The Balaban J connectivity index is 2.36. The zero-order valence-corrected chi connectivity index (χ0v) is 18.0. The minimum Gasteiger partial charge on any atom is -0.378 e. The van der Waals surface area contributed by atoms with Crippen molar-refractivity contribution >= 4 is 16.0 Å². The summed E-state index contributed by atoms with van der Waals surface area (Å²) in [7, 11) is -1.47. The summed E-state index contributed by atoms with van der Waals surface area (Å²) >= 11 is 0. The maximum atomic E-state index is 12.4. The van der Waals surface area contributed by atoms with E-state index in [0.29, 0.717) is 26.2 Å². The number of unbranched alkanes of at least 4 members (excludes halogenated alkanes) is 1. The first kappa shape index (κ1) is 23.2. The second kappa shape index (κ2) is 11.8. The molecule has 0 aliphatic carbocycles. The quantitative estimate of drug-likeness (QED) is 0.349. The molecule has 1 aliphatic heterocycles. The largest absolute Gasteiger partial charge is 0.378 e. The van der Waals surface area contributed by atoms with E-state index in [1.165, 1.54) is 12.8 Å². The number of nitrogens with one attached hydrogen (secondary N) is 1. The highest BCUT2D eigenvalue weighted by Crippen LogP contribution is 2.09. The van der Waals surface area contributed by atoms with E-state index in [0.717, 1.165) is 24.8 Å². The Bertz CT molecular complexity index is 513. The van der Waals surface area contributed by atoms with Crippen LogP contribution in [0.2, 0.25) is 0 Å². The van der Waals surface area contributed by atoms with Crippen molar-refractivity contribution in [1.29, 1.82) is 0 Å². The van der Waals surface area contributed by atoms with E-state index in [1.54, 1.807) is 11.4 Å². The molecule has 0 aromatic carbocycles. The minimum absolute atomic E-state index is 0.0496. The number of hydrogen-bond acceptors (Lipinski definition) is 4. The normalized spacial score (nSPS) is 17.3. The van der Waals surface area contributed by atoms with Crippen LogP contribution in [0, 0.1) is 5.92 Å². The zero-order chi connectivity index (χ0) is 19.6. The van der Waals surface area contributed by atoms with Crippen LogP contribution >= 0.6 is 0 Å². The monoisotopic (exact) mass is 390 g/mol. The van der Waals surface area contributed by atoms with Gasteiger partial charge in [0.15, 0.2) is 5.96 Å². The molecular weight excluding hydrogens is 352 g/mol. The van der Waals surface area contributed by atoms with E-state index in [2.05, 4.69) is 29.1 Å². The molecule has 0 aromatic heterocycles. The Kier molecular flexibility index (Phi) is 10.5. The summed E-state index contributed by atoms with van der Waals surface area (Å²) in [5, 5.41) is 3.40. The fraction of sp³-hybridized carbons (Fsp3) is 0.944. The van der Waals surface area contributed by atoms with E-state index in [4.69, 9.17) is 4.74 Å². The van der Waals surface area contributed by atoms with Gasteiger partial charge in [0.1, 0.15) is 0 Å². The lowest BCUT2D eigenvalue weighted by Crippen LogP contribution is -2.54. The lowest BCUT2D eigenvalue weighted by atomic mass is 10.1. The molecule has 1 heterocycles. The Morgan fingerprint density at radius 2 is 1.77 bits per heavy atom. The standard InChI is InChI=1S/C18H38N4O3S/c1-16(2)8-6-7-9-20-18(19-5)21-10-12-22(13-11-21)26(23,24)15-14-25-17(3)4/h16-17H,6-15H2,1-5H3,(H,19,20). The van der Waals surface area contributed by atoms with Gasteiger partial charge in [0.2, 0.25) is 10.0 Å². The molecular formula is C18H38N4O3S. The molecule has 0 radical (unpaired) electrons. The molecule has 1 aliphatic rings. The third-order valence-electron chi connectivity index (χ3n) is 4.43. The first-order valence-corrected chi connectivity index (χ1v) is 11.4. The summed E-state index contributed by atoms with van der Waals surface area (Å²) in [6, 6.07) is 0. The first-order chi connectivity index (χ1) is 12.3. The van der Waals surface area contributed by atoms with Crippen molar-refractivity contribution in [3.63, 3.8) is 0 Å². The van der Waals surface area contributed by atoms with Crippen LogP contribution in [0.25, 0.3) is 0 Å². The minimum atomic E-state index is -3.25. The third-order valence-corrected chi connectivity index (χ3v) is 6.26. The lowest BCUT2D eigenvalue weighted by Gasteiger charge is -2.35. The summed E-state index contributed by atoms with van der Waals surface area (Å²) in [6.07, 6.45) is 3.64. The van der Waals surface area contributed by atoms with Gasteiger partial charge in [0.05, 0.1) is 18.5 Å². The molecule has 0 bridgehead atoms. The van der Waals surface area contributed by atoms with Crippen LogP contribution in [0.4, 0.5) is 0 Å². The second-order valence-electron chi connectivity index (χ2n) is 7.49. The number of ether oxygens (including phenoxy) is 1. The van der Waals surface area contributed by atoms with Crippen LogP contribution in [0.15, 0.2) is 4.99 Å². The van der Waals surface area contributed by atoms with Crippen molar-refractivity contribution in [3.8, 4) is 0 Å². The molecule has 8 heteroatoms. The number of rotatable bonds is 10. The van der Waals surface area contributed by atoms with Gasteiger partial charge in [0.25, 0.3) is 0 Å². The molecule has 1 fully saturated rings. The van der Waals surface area contributed by atoms with Crippen molar-refractivity contribution in [2.75, 3.05) is 52.1 Å². The van der Waals surface area contributed by atoms with Crippen LogP contribution in [0.5, 0.6) is 0 Å². The van der Waals surface area contributed by atoms with Gasteiger partial charge >= 0.3 is 0 Å². The molecule has 1 rings (SSSR count). The number of nitrogens with zero attached hydrogens (tertiary/aromatic N) is 3. The molecule has 7 nitrogen and oxygen atoms in total. The summed E-state index contributed by atoms with van der Waals surface area (Å²) in [5.41, 5.74) is 0. The van der Waals surface area contributed by atoms with Crippen molar-refractivity contribution in [2.24, 2.45) is 10.9 Å². The highest BCUT2D eigenvalue weighted by atomic mass is 32.2. The first-order valence-electron chi connectivity index (χ1n) is 9.81. The molecule has 154 valence electrons. The summed E-state index contributed by atoms with van der Waals surface area (Å²) in [5.74, 6) is 1.67. The SMILES string of the molecule is CN=C(NCCCCC(C)C)N1CCN(S(=O)(=O)CCOC(C)C)CC1.